The summed E-state index contributed by atoms with van der Waals surface area (Å²) in [6.45, 7) is 4.88. The molecule has 0 spiro atoms. The second-order valence-electron chi connectivity index (χ2n) is 3.95. The summed E-state index contributed by atoms with van der Waals surface area (Å²) in [5.41, 5.74) is 8.97. The fourth-order valence-corrected chi connectivity index (χ4v) is 1.89. The molecule has 1 heterocycles. The number of aromatic nitrogens is 2. The van der Waals surface area contributed by atoms with Crippen LogP contribution in [0, 0.1) is 6.92 Å². The van der Waals surface area contributed by atoms with E-state index in [0.717, 1.165) is 29.1 Å². The Balaban J connectivity index is 2.46. The number of nitrogens with two attached hydrogens (primary N) is 1. The number of anilines is 1. The first-order chi connectivity index (χ1) is 8.17. The topological polar surface area (TPSA) is 53.1 Å². The zero-order chi connectivity index (χ0) is 12.4. The number of nitrogen functional groups attached to an aromatic ring is 1. The van der Waals surface area contributed by atoms with Crippen LogP contribution in [0.3, 0.4) is 0 Å². The molecular weight excluding hydrogens is 214 g/mol. The molecule has 0 saturated carbocycles. The summed E-state index contributed by atoms with van der Waals surface area (Å²) in [6, 6.07) is 5.96. The van der Waals surface area contributed by atoms with Gasteiger partial charge in [-0.15, -0.1) is 0 Å². The predicted octanol–water partition coefficient (Wildman–Crippen LogP) is 2.47. The first-order valence-corrected chi connectivity index (χ1v) is 5.63. The van der Waals surface area contributed by atoms with Crippen molar-refractivity contribution >= 4 is 5.82 Å². The van der Waals surface area contributed by atoms with E-state index in [4.69, 9.17) is 10.5 Å². The fourth-order valence-electron chi connectivity index (χ4n) is 1.89. The van der Waals surface area contributed by atoms with Gasteiger partial charge in [0.25, 0.3) is 0 Å². The number of aryl methyl sites for hydroxylation is 2. The normalized spacial score (nSPS) is 10.5. The average molecular weight is 231 g/mol. The Labute approximate surface area is 101 Å². The van der Waals surface area contributed by atoms with Crippen molar-refractivity contribution in [3.63, 3.8) is 0 Å². The van der Waals surface area contributed by atoms with Crippen LogP contribution in [0.15, 0.2) is 24.5 Å². The third-order valence-corrected chi connectivity index (χ3v) is 2.89. The molecule has 2 aromatic rings. The molecule has 90 valence electrons. The van der Waals surface area contributed by atoms with E-state index in [9.17, 15) is 0 Å². The summed E-state index contributed by atoms with van der Waals surface area (Å²) in [4.78, 5) is 4.35. The molecule has 0 amide bonds. The van der Waals surface area contributed by atoms with Gasteiger partial charge in [0.1, 0.15) is 17.3 Å². The second kappa shape index (κ2) is 4.49. The summed E-state index contributed by atoms with van der Waals surface area (Å²) in [7, 11) is 1.67. The highest BCUT2D eigenvalue weighted by molar-refractivity contribution is 5.71. The van der Waals surface area contributed by atoms with Crippen molar-refractivity contribution < 1.29 is 4.74 Å². The molecule has 0 aliphatic rings. The van der Waals surface area contributed by atoms with Gasteiger partial charge in [0, 0.05) is 12.1 Å². The van der Waals surface area contributed by atoms with E-state index in [0.29, 0.717) is 5.82 Å². The van der Waals surface area contributed by atoms with Gasteiger partial charge in [-0.2, -0.15) is 0 Å². The van der Waals surface area contributed by atoms with Crippen molar-refractivity contribution in [2.45, 2.75) is 20.4 Å². The highest BCUT2D eigenvalue weighted by atomic mass is 16.5. The lowest BCUT2D eigenvalue weighted by Gasteiger charge is -2.07. The maximum Gasteiger partial charge on any atom is 0.131 e. The van der Waals surface area contributed by atoms with Gasteiger partial charge in [-0.25, -0.2) is 4.98 Å². The van der Waals surface area contributed by atoms with Crippen molar-refractivity contribution in [1.29, 1.82) is 0 Å². The maximum atomic E-state index is 6.04. The first kappa shape index (κ1) is 11.5. The molecule has 0 saturated heterocycles. The quantitative estimate of drug-likeness (QED) is 0.882. The molecule has 4 nitrogen and oxygen atoms in total. The summed E-state index contributed by atoms with van der Waals surface area (Å²) < 4.78 is 7.16. The van der Waals surface area contributed by atoms with Crippen LogP contribution < -0.4 is 10.5 Å². The molecule has 1 aromatic heterocycles. The van der Waals surface area contributed by atoms with Gasteiger partial charge in [-0.3, -0.25) is 0 Å². The van der Waals surface area contributed by atoms with Crippen molar-refractivity contribution in [2.75, 3.05) is 12.8 Å². The van der Waals surface area contributed by atoms with Gasteiger partial charge in [0.2, 0.25) is 0 Å². The third-order valence-electron chi connectivity index (χ3n) is 2.89. The van der Waals surface area contributed by atoms with Crippen molar-refractivity contribution in [1.82, 2.24) is 9.55 Å². The summed E-state index contributed by atoms with van der Waals surface area (Å²) >= 11 is 0. The van der Waals surface area contributed by atoms with E-state index < -0.39 is 0 Å². The predicted molar refractivity (Wildman–Crippen MR) is 69.0 cm³/mol. The van der Waals surface area contributed by atoms with Crippen LogP contribution in [0.2, 0.25) is 0 Å². The minimum atomic E-state index is 0.706. The van der Waals surface area contributed by atoms with Crippen LogP contribution in [-0.2, 0) is 6.54 Å². The van der Waals surface area contributed by atoms with Crippen LogP contribution in [0.1, 0.15) is 12.5 Å². The Bertz CT molecular complexity index is 531. The van der Waals surface area contributed by atoms with Gasteiger partial charge < -0.3 is 15.0 Å². The molecular formula is C13H17N3O. The lowest BCUT2D eigenvalue weighted by atomic mass is 10.1. The van der Waals surface area contributed by atoms with E-state index in [2.05, 4.69) is 4.98 Å². The number of methoxy groups -OCH3 is 1. The zero-order valence-electron chi connectivity index (χ0n) is 10.4. The SMILES string of the molecule is CCn1cnc(-c2ccc(OC)c(C)c2)c1N. The Morgan fingerprint density at radius 1 is 1.41 bits per heavy atom. The van der Waals surface area contributed by atoms with E-state index in [1.807, 2.05) is 36.6 Å². The number of hydrogen-bond donors (Lipinski definition) is 1. The zero-order valence-corrected chi connectivity index (χ0v) is 10.4. The highest BCUT2D eigenvalue weighted by Crippen LogP contribution is 2.28. The Morgan fingerprint density at radius 3 is 2.71 bits per heavy atom. The number of nitrogens with zero attached hydrogens (tertiary/aromatic N) is 2. The fraction of sp³-hybridized carbons (Fsp3) is 0.308. The number of hydrogen-bond acceptors (Lipinski definition) is 3. The van der Waals surface area contributed by atoms with E-state index in [1.54, 1.807) is 13.4 Å². The van der Waals surface area contributed by atoms with Crippen molar-refractivity contribution in [3.05, 3.63) is 30.1 Å². The van der Waals surface area contributed by atoms with Gasteiger partial charge >= 0.3 is 0 Å². The van der Waals surface area contributed by atoms with Gasteiger partial charge in [0.05, 0.1) is 13.4 Å². The van der Waals surface area contributed by atoms with Crippen LogP contribution in [0.5, 0.6) is 5.75 Å². The van der Waals surface area contributed by atoms with E-state index in [-0.39, 0.29) is 0 Å². The molecule has 0 aliphatic carbocycles. The van der Waals surface area contributed by atoms with Crippen LogP contribution >= 0.6 is 0 Å². The molecule has 4 heteroatoms. The smallest absolute Gasteiger partial charge is 0.131 e. The number of benzene rings is 1. The Kier molecular flexibility index (Phi) is 3.04. The molecule has 0 unspecified atom stereocenters. The van der Waals surface area contributed by atoms with Crippen LogP contribution in [0.4, 0.5) is 5.82 Å². The molecule has 2 rings (SSSR count). The minimum absolute atomic E-state index is 0.706. The maximum absolute atomic E-state index is 6.04. The molecule has 0 atom stereocenters. The molecule has 0 aliphatic heterocycles. The van der Waals surface area contributed by atoms with Gasteiger partial charge in [-0.1, -0.05) is 0 Å². The third kappa shape index (κ3) is 1.98. The summed E-state index contributed by atoms with van der Waals surface area (Å²) in [6.07, 6.45) is 1.77. The number of rotatable bonds is 3. The van der Waals surface area contributed by atoms with Gasteiger partial charge in [0.15, 0.2) is 0 Å². The molecule has 0 bridgehead atoms. The first-order valence-electron chi connectivity index (χ1n) is 5.63. The molecule has 17 heavy (non-hydrogen) atoms. The number of imidazole rings is 1. The molecule has 0 fully saturated rings. The molecule has 1 aromatic carbocycles. The van der Waals surface area contributed by atoms with Crippen LogP contribution in [-0.4, -0.2) is 16.7 Å². The van der Waals surface area contributed by atoms with Crippen molar-refractivity contribution in [2.24, 2.45) is 0 Å². The second-order valence-corrected chi connectivity index (χ2v) is 3.95. The summed E-state index contributed by atoms with van der Waals surface area (Å²) in [5, 5.41) is 0. The average Bonchev–Trinajstić information content (AvgIpc) is 2.70. The Hall–Kier alpha value is -1.97. The van der Waals surface area contributed by atoms with E-state index in [1.165, 1.54) is 0 Å². The monoisotopic (exact) mass is 231 g/mol. The Morgan fingerprint density at radius 2 is 2.18 bits per heavy atom. The van der Waals surface area contributed by atoms with E-state index >= 15 is 0 Å². The lowest BCUT2D eigenvalue weighted by molar-refractivity contribution is 0.412. The van der Waals surface area contributed by atoms with Crippen LogP contribution in [0.25, 0.3) is 11.3 Å². The van der Waals surface area contributed by atoms with Gasteiger partial charge in [-0.05, 0) is 37.6 Å². The molecule has 2 N–H and O–H groups in total. The minimum Gasteiger partial charge on any atom is -0.496 e. The summed E-state index contributed by atoms with van der Waals surface area (Å²) in [5.74, 6) is 1.58. The number of ether oxygens (including phenoxy) is 1. The largest absolute Gasteiger partial charge is 0.496 e. The highest BCUT2D eigenvalue weighted by Gasteiger charge is 2.10. The lowest BCUT2D eigenvalue weighted by Crippen LogP contribution is -1.99. The standard InChI is InChI=1S/C13H17N3O/c1-4-16-8-15-12(13(16)14)10-5-6-11(17-3)9(2)7-10/h5-8H,4,14H2,1-3H3. The molecule has 0 radical (unpaired) electrons. The van der Waals surface area contributed by atoms with Crippen molar-refractivity contribution in [3.8, 4) is 17.0 Å².